The molecule has 0 radical (unpaired) electrons. The molecule has 4 nitrogen and oxygen atoms in total. The number of aliphatic hydroxyl groups is 1. The summed E-state index contributed by atoms with van der Waals surface area (Å²) in [6.07, 6.45) is 2.53. The maximum Gasteiger partial charge on any atom is 0.189 e. The van der Waals surface area contributed by atoms with Crippen LogP contribution < -0.4 is 9.47 Å². The van der Waals surface area contributed by atoms with Crippen molar-refractivity contribution in [1.82, 2.24) is 0 Å². The fourth-order valence-electron chi connectivity index (χ4n) is 1.72. The van der Waals surface area contributed by atoms with Gasteiger partial charge in [-0.2, -0.15) is 0 Å². The van der Waals surface area contributed by atoms with Gasteiger partial charge >= 0.3 is 0 Å². The molecular formula is C14H19BrO4. The minimum absolute atomic E-state index is 0.0306. The number of hydrogen-bond acceptors (Lipinski definition) is 4. The molecule has 1 aromatic carbocycles. The van der Waals surface area contributed by atoms with Crippen molar-refractivity contribution >= 4 is 15.9 Å². The van der Waals surface area contributed by atoms with Crippen molar-refractivity contribution < 1.29 is 19.3 Å². The normalized spacial score (nSPS) is 14.5. The first-order valence-corrected chi connectivity index (χ1v) is 7.30. The summed E-state index contributed by atoms with van der Waals surface area (Å²) >= 11 is 3.43. The highest BCUT2D eigenvalue weighted by atomic mass is 79.9. The van der Waals surface area contributed by atoms with Crippen molar-refractivity contribution in [2.75, 3.05) is 20.0 Å². The van der Waals surface area contributed by atoms with Gasteiger partial charge in [-0.3, -0.25) is 0 Å². The van der Waals surface area contributed by atoms with Gasteiger partial charge in [0.25, 0.3) is 0 Å². The lowest BCUT2D eigenvalue weighted by atomic mass is 10.2. The predicted octanol–water partition coefficient (Wildman–Crippen LogP) is 3.10. The van der Waals surface area contributed by atoms with Crippen LogP contribution in [0, 0.1) is 5.92 Å². The SMILES string of the molecule is CCOc1cc(CO)cc(Br)c1OCOCC1CC1. The molecule has 0 amide bonds. The van der Waals surface area contributed by atoms with Gasteiger partial charge in [-0.15, -0.1) is 0 Å². The van der Waals surface area contributed by atoms with Crippen LogP contribution in [0.4, 0.5) is 0 Å². The second kappa shape index (κ2) is 7.12. The van der Waals surface area contributed by atoms with Crippen LogP contribution in [-0.4, -0.2) is 25.1 Å². The van der Waals surface area contributed by atoms with Gasteiger partial charge in [-0.1, -0.05) is 0 Å². The first-order valence-electron chi connectivity index (χ1n) is 6.51. The van der Waals surface area contributed by atoms with E-state index in [2.05, 4.69) is 15.9 Å². The van der Waals surface area contributed by atoms with Crippen LogP contribution in [0.5, 0.6) is 11.5 Å². The Bertz CT molecular complexity index is 418. The van der Waals surface area contributed by atoms with E-state index in [9.17, 15) is 5.11 Å². The van der Waals surface area contributed by atoms with Gasteiger partial charge in [0.1, 0.15) is 0 Å². The first-order chi connectivity index (χ1) is 9.24. The molecule has 0 aromatic heterocycles. The Morgan fingerprint density at radius 3 is 2.74 bits per heavy atom. The molecule has 1 aliphatic rings. The molecule has 1 N–H and O–H groups in total. The van der Waals surface area contributed by atoms with Crippen LogP contribution in [0.1, 0.15) is 25.3 Å². The highest BCUT2D eigenvalue weighted by molar-refractivity contribution is 9.10. The van der Waals surface area contributed by atoms with E-state index in [0.29, 0.717) is 18.1 Å². The van der Waals surface area contributed by atoms with E-state index in [1.54, 1.807) is 6.07 Å². The van der Waals surface area contributed by atoms with E-state index < -0.39 is 0 Å². The maximum absolute atomic E-state index is 9.19. The average Bonchev–Trinajstić information content (AvgIpc) is 3.21. The van der Waals surface area contributed by atoms with Crippen molar-refractivity contribution in [3.8, 4) is 11.5 Å². The van der Waals surface area contributed by atoms with Gasteiger partial charge in [-0.05, 0) is 59.3 Å². The molecule has 0 aliphatic heterocycles. The Balaban J connectivity index is 1.98. The molecule has 1 aliphatic carbocycles. The summed E-state index contributed by atoms with van der Waals surface area (Å²) in [6, 6.07) is 3.60. The average molecular weight is 331 g/mol. The molecule has 0 atom stereocenters. The molecule has 0 heterocycles. The molecule has 0 unspecified atom stereocenters. The monoisotopic (exact) mass is 330 g/mol. The fraction of sp³-hybridized carbons (Fsp3) is 0.571. The number of aliphatic hydroxyl groups excluding tert-OH is 1. The van der Waals surface area contributed by atoms with Crippen molar-refractivity contribution in [3.05, 3.63) is 22.2 Å². The summed E-state index contributed by atoms with van der Waals surface area (Å²) in [5.41, 5.74) is 0.779. The van der Waals surface area contributed by atoms with E-state index in [1.807, 2.05) is 13.0 Å². The molecule has 5 heteroatoms. The molecule has 2 rings (SSSR count). The van der Waals surface area contributed by atoms with Gasteiger partial charge < -0.3 is 19.3 Å². The van der Waals surface area contributed by atoms with Crippen LogP contribution >= 0.6 is 15.9 Å². The van der Waals surface area contributed by atoms with E-state index in [1.165, 1.54) is 12.8 Å². The van der Waals surface area contributed by atoms with Gasteiger partial charge in [-0.25, -0.2) is 0 Å². The molecule has 1 saturated carbocycles. The molecule has 1 aromatic rings. The highest BCUT2D eigenvalue weighted by Gasteiger charge is 2.21. The number of halogens is 1. The third-order valence-corrected chi connectivity index (χ3v) is 3.48. The smallest absolute Gasteiger partial charge is 0.189 e. The Kier molecular flexibility index (Phi) is 5.48. The van der Waals surface area contributed by atoms with E-state index in [-0.39, 0.29) is 13.4 Å². The zero-order valence-electron chi connectivity index (χ0n) is 11.0. The lowest BCUT2D eigenvalue weighted by molar-refractivity contribution is 0.00793. The molecule has 0 saturated heterocycles. The van der Waals surface area contributed by atoms with Crippen LogP contribution in [0.15, 0.2) is 16.6 Å². The summed E-state index contributed by atoms with van der Waals surface area (Å²) in [7, 11) is 0. The van der Waals surface area contributed by atoms with Crippen molar-refractivity contribution in [1.29, 1.82) is 0 Å². The van der Waals surface area contributed by atoms with Gasteiger partial charge in [0.2, 0.25) is 0 Å². The van der Waals surface area contributed by atoms with Crippen molar-refractivity contribution in [2.24, 2.45) is 5.92 Å². The molecular weight excluding hydrogens is 312 g/mol. The Morgan fingerprint density at radius 2 is 2.11 bits per heavy atom. The largest absolute Gasteiger partial charge is 0.490 e. The Hall–Kier alpha value is -0.780. The van der Waals surface area contributed by atoms with Crippen LogP contribution in [0.25, 0.3) is 0 Å². The standard InChI is InChI=1S/C14H19BrO4/c1-2-18-13-6-11(7-16)5-12(15)14(13)19-9-17-8-10-3-4-10/h5-6,10,16H,2-4,7-9H2,1H3. The number of rotatable bonds is 8. The number of benzene rings is 1. The van der Waals surface area contributed by atoms with Crippen LogP contribution in [0.2, 0.25) is 0 Å². The van der Waals surface area contributed by atoms with Gasteiger partial charge in [0.05, 0.1) is 24.3 Å². The zero-order chi connectivity index (χ0) is 13.7. The molecule has 19 heavy (non-hydrogen) atoms. The lowest BCUT2D eigenvalue weighted by Crippen LogP contribution is -2.07. The van der Waals surface area contributed by atoms with Gasteiger partial charge in [0, 0.05) is 0 Å². The topological polar surface area (TPSA) is 47.9 Å². The maximum atomic E-state index is 9.19. The number of ether oxygens (including phenoxy) is 3. The Morgan fingerprint density at radius 1 is 1.32 bits per heavy atom. The van der Waals surface area contributed by atoms with E-state index in [0.717, 1.165) is 22.6 Å². The minimum Gasteiger partial charge on any atom is -0.490 e. The fourth-order valence-corrected chi connectivity index (χ4v) is 2.32. The third kappa shape index (κ3) is 4.37. The van der Waals surface area contributed by atoms with Crippen molar-refractivity contribution in [2.45, 2.75) is 26.4 Å². The van der Waals surface area contributed by atoms with Crippen LogP contribution in [0.3, 0.4) is 0 Å². The summed E-state index contributed by atoms with van der Waals surface area (Å²) in [6.45, 7) is 3.40. The summed E-state index contributed by atoms with van der Waals surface area (Å²) in [4.78, 5) is 0. The third-order valence-electron chi connectivity index (χ3n) is 2.89. The molecule has 0 spiro atoms. The second-order valence-electron chi connectivity index (χ2n) is 4.57. The molecule has 0 bridgehead atoms. The lowest BCUT2D eigenvalue weighted by Gasteiger charge is -2.15. The van der Waals surface area contributed by atoms with Gasteiger partial charge in [0.15, 0.2) is 18.3 Å². The summed E-state index contributed by atoms with van der Waals surface area (Å²) in [5.74, 6) is 1.96. The van der Waals surface area contributed by atoms with E-state index >= 15 is 0 Å². The molecule has 106 valence electrons. The zero-order valence-corrected chi connectivity index (χ0v) is 12.6. The van der Waals surface area contributed by atoms with Crippen LogP contribution in [-0.2, 0) is 11.3 Å². The van der Waals surface area contributed by atoms with Crippen molar-refractivity contribution in [3.63, 3.8) is 0 Å². The first kappa shape index (κ1) is 14.6. The Labute approximate surface area is 121 Å². The minimum atomic E-state index is -0.0306. The van der Waals surface area contributed by atoms with E-state index in [4.69, 9.17) is 14.2 Å². The second-order valence-corrected chi connectivity index (χ2v) is 5.43. The predicted molar refractivity (Wildman–Crippen MR) is 75.4 cm³/mol. The summed E-state index contributed by atoms with van der Waals surface area (Å²) in [5, 5.41) is 9.19. The highest BCUT2D eigenvalue weighted by Crippen LogP contribution is 2.37. The number of hydrogen-bond donors (Lipinski definition) is 1. The quantitative estimate of drug-likeness (QED) is 0.587. The molecule has 1 fully saturated rings. The summed E-state index contributed by atoms with van der Waals surface area (Å²) < 4.78 is 17.4.